The highest BCUT2D eigenvalue weighted by Crippen LogP contribution is 2.24. The van der Waals surface area contributed by atoms with Gasteiger partial charge in [-0.15, -0.1) is 0 Å². The summed E-state index contributed by atoms with van der Waals surface area (Å²) in [5.74, 6) is 0.957. The second kappa shape index (κ2) is 13.1. The van der Waals surface area contributed by atoms with Crippen LogP contribution in [0, 0.1) is 13.8 Å². The van der Waals surface area contributed by atoms with Crippen molar-refractivity contribution < 1.29 is 14.3 Å². The predicted octanol–water partition coefficient (Wildman–Crippen LogP) is 6.27. The first kappa shape index (κ1) is 23.9. The van der Waals surface area contributed by atoms with Gasteiger partial charge in [0.25, 0.3) is 5.19 Å². The van der Waals surface area contributed by atoms with Crippen LogP contribution in [0.2, 0.25) is 0 Å². The molecule has 0 atom stereocenters. The second-order valence-corrected chi connectivity index (χ2v) is 8.11. The average Bonchev–Trinajstić information content (AvgIpc) is 3.18. The quantitative estimate of drug-likeness (QED) is 0.163. The monoisotopic (exact) mass is 430 g/mol. The van der Waals surface area contributed by atoms with E-state index < -0.39 is 0 Å². The molecule has 0 fully saturated rings. The Morgan fingerprint density at radius 3 is 2.53 bits per heavy atom. The minimum atomic E-state index is 0.624. The molecule has 0 unspecified atom stereocenters. The lowest BCUT2D eigenvalue weighted by Gasteiger charge is -2.13. The lowest BCUT2D eigenvalue weighted by molar-refractivity contribution is 0.213. The summed E-state index contributed by atoms with van der Waals surface area (Å²) in [4.78, 5) is 9.20. The number of ether oxygens (including phenoxy) is 2. The van der Waals surface area contributed by atoms with Gasteiger partial charge in [-0.05, 0) is 75.8 Å². The third-order valence-electron chi connectivity index (χ3n) is 4.88. The standard InChI is InChI=1S/C24H34N2O3S/c1-6-7-13-28-21-15-18(2)22(19(3)16-21)12-10-8-9-11-14-29-24-25-23(17-30-24)20(4)26-27-5/h6-7,15-17H,8-14H2,1-5H3/b7-6+,26-20+. The van der Waals surface area contributed by atoms with E-state index in [2.05, 4.69) is 36.1 Å². The van der Waals surface area contributed by atoms with E-state index in [1.54, 1.807) is 0 Å². The molecule has 0 aliphatic heterocycles. The number of rotatable bonds is 13. The van der Waals surface area contributed by atoms with Crippen LogP contribution in [0.4, 0.5) is 0 Å². The van der Waals surface area contributed by atoms with E-state index in [9.17, 15) is 0 Å². The van der Waals surface area contributed by atoms with Crippen molar-refractivity contribution >= 4 is 17.0 Å². The minimum absolute atomic E-state index is 0.624. The molecule has 1 heterocycles. The fourth-order valence-electron chi connectivity index (χ4n) is 3.26. The van der Waals surface area contributed by atoms with E-state index in [1.165, 1.54) is 48.0 Å². The highest BCUT2D eigenvalue weighted by Gasteiger charge is 2.07. The normalized spacial score (nSPS) is 11.8. The maximum absolute atomic E-state index is 5.78. The molecule has 1 aromatic carbocycles. The van der Waals surface area contributed by atoms with Gasteiger partial charge in [-0.2, -0.15) is 0 Å². The number of hydrogen-bond acceptors (Lipinski definition) is 6. The van der Waals surface area contributed by atoms with Crippen molar-refractivity contribution in [2.75, 3.05) is 20.3 Å². The maximum Gasteiger partial charge on any atom is 0.273 e. The van der Waals surface area contributed by atoms with Crippen LogP contribution in [-0.2, 0) is 11.3 Å². The molecule has 0 N–H and O–H groups in total. The number of allylic oxidation sites excluding steroid dienone is 1. The van der Waals surface area contributed by atoms with Crippen molar-refractivity contribution in [1.29, 1.82) is 0 Å². The molecule has 0 amide bonds. The van der Waals surface area contributed by atoms with Crippen molar-refractivity contribution in [3.63, 3.8) is 0 Å². The summed E-state index contributed by atoms with van der Waals surface area (Å²) >= 11 is 1.50. The Bertz CT molecular complexity index is 820. The third-order valence-corrected chi connectivity index (χ3v) is 5.63. The smallest absolute Gasteiger partial charge is 0.273 e. The number of thiazole rings is 1. The van der Waals surface area contributed by atoms with Gasteiger partial charge in [0.2, 0.25) is 0 Å². The van der Waals surface area contributed by atoms with Gasteiger partial charge >= 0.3 is 0 Å². The highest BCUT2D eigenvalue weighted by atomic mass is 32.1. The summed E-state index contributed by atoms with van der Waals surface area (Å²) in [5, 5.41) is 6.52. The van der Waals surface area contributed by atoms with Crippen LogP contribution >= 0.6 is 11.3 Å². The van der Waals surface area contributed by atoms with E-state index in [1.807, 2.05) is 31.4 Å². The molecular weight excluding hydrogens is 396 g/mol. The van der Waals surface area contributed by atoms with E-state index in [0.29, 0.717) is 18.4 Å². The molecule has 164 valence electrons. The summed E-state index contributed by atoms with van der Waals surface area (Å²) in [6.07, 6.45) is 9.72. The Balaban J connectivity index is 1.66. The molecule has 0 saturated heterocycles. The first-order valence-electron chi connectivity index (χ1n) is 10.6. The summed E-state index contributed by atoms with van der Waals surface area (Å²) in [5.41, 5.74) is 5.65. The van der Waals surface area contributed by atoms with Gasteiger partial charge in [-0.3, -0.25) is 0 Å². The third kappa shape index (κ3) is 7.82. The largest absolute Gasteiger partial charge is 0.490 e. The van der Waals surface area contributed by atoms with Crippen molar-refractivity contribution in [2.45, 2.75) is 59.8 Å². The molecule has 6 heteroatoms. The van der Waals surface area contributed by atoms with Crippen LogP contribution < -0.4 is 9.47 Å². The number of hydrogen-bond donors (Lipinski definition) is 0. The molecule has 5 nitrogen and oxygen atoms in total. The van der Waals surface area contributed by atoms with Crippen LogP contribution in [0.5, 0.6) is 10.9 Å². The van der Waals surface area contributed by atoms with Crippen molar-refractivity contribution in [3.8, 4) is 10.9 Å². The SMILES string of the molecule is C/C=C/COc1cc(C)c(CCCCCCOc2nc(/C(C)=N/OC)cs2)c(C)c1. The molecule has 2 aromatic rings. The van der Waals surface area contributed by atoms with E-state index in [4.69, 9.17) is 14.3 Å². The Hall–Kier alpha value is -2.34. The number of nitrogens with zero attached hydrogens (tertiary/aromatic N) is 2. The van der Waals surface area contributed by atoms with Crippen molar-refractivity contribution in [3.05, 3.63) is 52.0 Å². The molecule has 0 aliphatic rings. The fraction of sp³-hybridized carbons (Fsp3) is 0.500. The minimum Gasteiger partial charge on any atom is -0.490 e. The molecule has 0 saturated carbocycles. The summed E-state index contributed by atoms with van der Waals surface area (Å²) in [6, 6.07) is 4.31. The molecule has 0 spiro atoms. The van der Waals surface area contributed by atoms with Crippen LogP contribution in [0.25, 0.3) is 0 Å². The van der Waals surface area contributed by atoms with Crippen molar-refractivity contribution in [2.24, 2.45) is 5.16 Å². The van der Waals surface area contributed by atoms with E-state index >= 15 is 0 Å². The zero-order valence-electron chi connectivity index (χ0n) is 18.9. The van der Waals surface area contributed by atoms with Crippen LogP contribution in [0.15, 0.2) is 34.8 Å². The van der Waals surface area contributed by atoms with Gasteiger partial charge in [-0.25, -0.2) is 4.98 Å². The van der Waals surface area contributed by atoms with Crippen LogP contribution in [0.1, 0.15) is 61.9 Å². The number of benzene rings is 1. The Morgan fingerprint density at radius 1 is 1.10 bits per heavy atom. The molecular formula is C24H34N2O3S. The van der Waals surface area contributed by atoms with Gasteiger partial charge in [-0.1, -0.05) is 41.5 Å². The van der Waals surface area contributed by atoms with Gasteiger partial charge in [0.15, 0.2) is 0 Å². The Kier molecular flexibility index (Phi) is 10.4. The van der Waals surface area contributed by atoms with E-state index in [0.717, 1.165) is 36.4 Å². The Labute approximate surface area is 184 Å². The fourth-order valence-corrected chi connectivity index (χ4v) is 4.00. The first-order valence-corrected chi connectivity index (χ1v) is 11.4. The first-order chi connectivity index (χ1) is 14.5. The lowest BCUT2D eigenvalue weighted by Crippen LogP contribution is -2.00. The zero-order valence-corrected chi connectivity index (χ0v) is 19.7. The van der Waals surface area contributed by atoms with Crippen LogP contribution in [-0.4, -0.2) is 31.0 Å². The van der Waals surface area contributed by atoms with Gasteiger partial charge in [0.05, 0.1) is 6.61 Å². The molecule has 2 rings (SSSR count). The zero-order chi connectivity index (χ0) is 21.8. The second-order valence-electron chi connectivity index (χ2n) is 7.29. The number of aryl methyl sites for hydroxylation is 2. The summed E-state index contributed by atoms with van der Waals surface area (Å²) in [7, 11) is 1.53. The lowest BCUT2D eigenvalue weighted by atomic mass is 9.97. The predicted molar refractivity (Wildman–Crippen MR) is 125 cm³/mol. The summed E-state index contributed by atoms with van der Waals surface area (Å²) < 4.78 is 11.5. The summed E-state index contributed by atoms with van der Waals surface area (Å²) in [6.45, 7) is 9.56. The molecule has 0 bridgehead atoms. The van der Waals surface area contributed by atoms with Crippen LogP contribution in [0.3, 0.4) is 0 Å². The average molecular weight is 431 g/mol. The van der Waals surface area contributed by atoms with Gasteiger partial charge in [0.1, 0.15) is 30.9 Å². The topological polar surface area (TPSA) is 52.9 Å². The van der Waals surface area contributed by atoms with Gasteiger partial charge < -0.3 is 14.3 Å². The number of aromatic nitrogens is 1. The maximum atomic E-state index is 5.78. The van der Waals surface area contributed by atoms with E-state index in [-0.39, 0.29) is 0 Å². The highest BCUT2D eigenvalue weighted by molar-refractivity contribution is 7.11. The number of unbranched alkanes of at least 4 members (excludes halogenated alkanes) is 3. The molecule has 0 radical (unpaired) electrons. The molecule has 30 heavy (non-hydrogen) atoms. The van der Waals surface area contributed by atoms with Crippen molar-refractivity contribution in [1.82, 2.24) is 4.98 Å². The molecule has 1 aromatic heterocycles. The molecule has 0 aliphatic carbocycles. The van der Waals surface area contributed by atoms with Gasteiger partial charge in [0, 0.05) is 5.38 Å². The Morgan fingerprint density at radius 2 is 1.83 bits per heavy atom. The number of oxime groups is 1.